The molecule has 0 heterocycles. The molecule has 0 aliphatic carbocycles. The first-order valence-corrected chi connectivity index (χ1v) is 34.0. The van der Waals surface area contributed by atoms with Gasteiger partial charge >= 0.3 is 8.80 Å². The smallest absolute Gasteiger partial charge is 0.432 e. The van der Waals surface area contributed by atoms with Crippen molar-refractivity contribution in [3.63, 3.8) is 0 Å². The Labute approximate surface area is 273 Å². The van der Waals surface area contributed by atoms with Crippen LogP contribution in [0.25, 0.3) is 0 Å². The van der Waals surface area contributed by atoms with Gasteiger partial charge in [-0.3, -0.25) is 12.5 Å². The SMILES string of the molecule is CCC(OS(C)(=O)=O)[Si](C)(C)O[Si](O[Si](C)(C)C(CC)OS(C)(=O)=O)(O[Si](C)(C)C(CC)OS(C)(=O)=O)C(CC)[Si](C)(C)O. The Hall–Kier alpha value is 0.654. The van der Waals surface area contributed by atoms with E-state index in [-0.39, 0.29) is 0 Å². The summed E-state index contributed by atoms with van der Waals surface area (Å²) in [5.41, 5.74) is -2.55. The molecule has 0 radical (unpaired) electrons. The number of hydrogen-bond donors (Lipinski definition) is 1. The summed E-state index contributed by atoms with van der Waals surface area (Å²) >= 11 is 0. The number of hydrogen-bond acceptors (Lipinski definition) is 13. The lowest BCUT2D eigenvalue weighted by Gasteiger charge is -2.52. The second kappa shape index (κ2) is 15.9. The average molecular weight is 779 g/mol. The molecule has 13 nitrogen and oxygen atoms in total. The Bertz CT molecular complexity index is 1110. The molecular weight excluding hydrogens is 721 g/mol. The molecule has 21 heteroatoms. The highest BCUT2D eigenvalue weighted by molar-refractivity contribution is 7.86. The maximum Gasteiger partial charge on any atom is 0.472 e. The maximum atomic E-state index is 12.3. The first-order valence-electron chi connectivity index (χ1n) is 14.8. The monoisotopic (exact) mass is 778 g/mol. The van der Waals surface area contributed by atoms with Gasteiger partial charge in [-0.2, -0.15) is 25.3 Å². The van der Waals surface area contributed by atoms with E-state index < -0.39 is 94.8 Å². The van der Waals surface area contributed by atoms with Crippen molar-refractivity contribution in [3.05, 3.63) is 0 Å². The molecule has 0 aliphatic rings. The zero-order chi connectivity index (χ0) is 35.4. The van der Waals surface area contributed by atoms with Crippen LogP contribution in [0.4, 0.5) is 0 Å². The highest BCUT2D eigenvalue weighted by Crippen LogP contribution is 2.44. The van der Waals surface area contributed by atoms with E-state index in [9.17, 15) is 30.0 Å². The molecule has 266 valence electrons. The first-order chi connectivity index (χ1) is 19.3. The van der Waals surface area contributed by atoms with E-state index in [1.165, 1.54) is 0 Å². The lowest BCUT2D eigenvalue weighted by atomic mass is 10.5. The predicted octanol–water partition coefficient (Wildman–Crippen LogP) is 3.99. The summed E-state index contributed by atoms with van der Waals surface area (Å²) in [4.78, 5) is 11.7. The van der Waals surface area contributed by atoms with Crippen LogP contribution in [0.15, 0.2) is 0 Å². The molecule has 0 aromatic heterocycles. The molecule has 0 spiro atoms. The molecule has 0 amide bonds. The lowest BCUT2D eigenvalue weighted by molar-refractivity contribution is 0.174. The van der Waals surface area contributed by atoms with Crippen LogP contribution < -0.4 is 0 Å². The quantitative estimate of drug-likeness (QED) is 0.131. The van der Waals surface area contributed by atoms with Crippen molar-refractivity contribution >= 4 is 72.4 Å². The Morgan fingerprint density at radius 1 is 0.500 bits per heavy atom. The van der Waals surface area contributed by atoms with Crippen LogP contribution in [0.2, 0.25) is 57.5 Å². The van der Waals surface area contributed by atoms with E-state index in [4.69, 9.17) is 24.9 Å². The minimum Gasteiger partial charge on any atom is -0.432 e. The zero-order valence-electron chi connectivity index (χ0n) is 29.2. The van der Waals surface area contributed by atoms with Gasteiger partial charge in [0.1, 0.15) is 0 Å². The summed E-state index contributed by atoms with van der Waals surface area (Å²) in [5.74, 6) is 0. The largest absolute Gasteiger partial charge is 0.472 e. The second-order valence-corrected chi connectivity index (χ2v) is 38.7. The van der Waals surface area contributed by atoms with Gasteiger partial charge in [0.15, 0.2) is 8.32 Å². The molecule has 0 saturated heterocycles. The van der Waals surface area contributed by atoms with Crippen LogP contribution in [0.1, 0.15) is 53.4 Å². The van der Waals surface area contributed by atoms with Crippen molar-refractivity contribution in [2.45, 2.75) is 128 Å². The Kier molecular flexibility index (Phi) is 16.1. The standard InChI is InChI=1S/C23H58O13S3Si5/c1-16-20(31-37(5,24)25)41(10,11)34-44(23(19-4)40(8,9)30,35-42(12,13)21(17-2)32-38(6,26)27)36-43(14,15)22(18-3)33-39(7,28)29/h20-23,30H,16-19H2,1-15H3. The third kappa shape index (κ3) is 14.4. The van der Waals surface area contributed by atoms with E-state index in [2.05, 4.69) is 0 Å². The summed E-state index contributed by atoms with van der Waals surface area (Å²) in [6.07, 6.45) is 4.12. The lowest BCUT2D eigenvalue weighted by Crippen LogP contribution is -2.72. The van der Waals surface area contributed by atoms with E-state index in [1.54, 1.807) is 73.1 Å². The minimum atomic E-state index is -4.26. The third-order valence-corrected chi connectivity index (χ3v) is 32.0. The van der Waals surface area contributed by atoms with Crippen molar-refractivity contribution in [2.75, 3.05) is 18.8 Å². The molecule has 44 heavy (non-hydrogen) atoms. The van der Waals surface area contributed by atoms with Gasteiger partial charge in [-0.25, -0.2) is 0 Å². The molecular formula is C23H58O13S3Si5. The predicted molar refractivity (Wildman–Crippen MR) is 185 cm³/mol. The Morgan fingerprint density at radius 2 is 0.727 bits per heavy atom. The van der Waals surface area contributed by atoms with Crippen molar-refractivity contribution in [1.82, 2.24) is 0 Å². The topological polar surface area (TPSA) is 178 Å². The van der Waals surface area contributed by atoms with Crippen molar-refractivity contribution in [1.29, 1.82) is 0 Å². The van der Waals surface area contributed by atoms with Crippen molar-refractivity contribution < 1.29 is 54.9 Å². The highest BCUT2D eigenvalue weighted by atomic mass is 32.2. The fourth-order valence-corrected chi connectivity index (χ4v) is 34.7. The molecule has 1 N–H and O–H groups in total. The van der Waals surface area contributed by atoms with Gasteiger partial charge in [0.05, 0.1) is 35.9 Å². The van der Waals surface area contributed by atoms with E-state index >= 15 is 0 Å². The first kappa shape index (κ1) is 44.7. The van der Waals surface area contributed by atoms with Gasteiger partial charge in [-0.05, 0) is 78.1 Å². The summed E-state index contributed by atoms with van der Waals surface area (Å²) in [7, 11) is -28.9. The van der Waals surface area contributed by atoms with Gasteiger partial charge in [-0.1, -0.05) is 27.7 Å². The summed E-state index contributed by atoms with van der Waals surface area (Å²) in [6.45, 7) is 21.4. The van der Waals surface area contributed by atoms with Crippen LogP contribution in [0.3, 0.4) is 0 Å². The summed E-state index contributed by atoms with van der Waals surface area (Å²) in [5, 5.41) is -0.664. The normalized spacial score (nSPS) is 18.8. The highest BCUT2D eigenvalue weighted by Gasteiger charge is 2.64. The van der Waals surface area contributed by atoms with E-state index in [1.807, 2.05) is 6.92 Å². The van der Waals surface area contributed by atoms with Gasteiger partial charge in [0, 0.05) is 5.16 Å². The average Bonchev–Trinajstić information content (AvgIpc) is 2.75. The molecule has 0 bridgehead atoms. The van der Waals surface area contributed by atoms with Gasteiger partial charge in [-0.15, -0.1) is 0 Å². The summed E-state index contributed by atoms with van der Waals surface area (Å²) in [6, 6.07) is 0. The van der Waals surface area contributed by atoms with Crippen LogP contribution >= 0.6 is 0 Å². The molecule has 0 fully saturated rings. The van der Waals surface area contributed by atoms with Gasteiger partial charge in [0.25, 0.3) is 30.4 Å². The van der Waals surface area contributed by atoms with Crippen molar-refractivity contribution in [2.24, 2.45) is 0 Å². The molecule has 0 rings (SSSR count). The van der Waals surface area contributed by atoms with Gasteiger partial charge in [0.2, 0.25) is 25.0 Å². The van der Waals surface area contributed by atoms with Crippen molar-refractivity contribution in [3.8, 4) is 0 Å². The minimum absolute atomic E-state index is 0.290. The van der Waals surface area contributed by atoms with Crippen LogP contribution in [-0.2, 0) is 55.2 Å². The molecule has 4 atom stereocenters. The zero-order valence-corrected chi connectivity index (χ0v) is 36.7. The van der Waals surface area contributed by atoms with Crippen LogP contribution in [0, 0.1) is 0 Å². The van der Waals surface area contributed by atoms with Crippen LogP contribution in [0.5, 0.6) is 0 Å². The molecule has 0 aliphatic heterocycles. The second-order valence-electron chi connectivity index (χ2n) is 13.4. The van der Waals surface area contributed by atoms with E-state index in [0.717, 1.165) is 18.8 Å². The molecule has 0 aromatic rings. The summed E-state index contributed by atoms with van der Waals surface area (Å²) < 4.78 is 111. The van der Waals surface area contributed by atoms with Crippen LogP contribution in [-0.4, -0.2) is 108 Å². The Balaban J connectivity index is 7.80. The maximum absolute atomic E-state index is 12.3. The Morgan fingerprint density at radius 3 is 0.864 bits per heavy atom. The molecule has 0 saturated carbocycles. The molecule has 0 aromatic carbocycles. The third-order valence-electron chi connectivity index (χ3n) is 7.22. The fraction of sp³-hybridized carbons (Fsp3) is 1.00. The number of rotatable bonds is 21. The van der Waals surface area contributed by atoms with Gasteiger partial charge < -0.3 is 17.1 Å². The van der Waals surface area contributed by atoms with E-state index in [0.29, 0.717) is 25.7 Å². The molecule has 4 unspecified atom stereocenters. The fourth-order valence-electron chi connectivity index (χ4n) is 5.41.